The molecular formula is C14H18N2O3S. The van der Waals surface area contributed by atoms with Gasteiger partial charge in [-0.15, -0.1) is 0 Å². The van der Waals surface area contributed by atoms with Crippen LogP contribution in [0, 0.1) is 27.7 Å². The summed E-state index contributed by atoms with van der Waals surface area (Å²) in [7, 11) is -2.17. The summed E-state index contributed by atoms with van der Waals surface area (Å²) in [6.45, 7) is 7.01. The number of rotatable bonds is 3. The van der Waals surface area contributed by atoms with E-state index in [9.17, 15) is 8.42 Å². The molecule has 0 aliphatic rings. The molecule has 0 radical (unpaired) electrons. The van der Waals surface area contributed by atoms with Crippen molar-refractivity contribution >= 4 is 10.1 Å². The van der Waals surface area contributed by atoms with E-state index in [2.05, 4.69) is 5.10 Å². The lowest BCUT2D eigenvalue weighted by Gasteiger charge is -2.12. The fraction of sp³-hybridized carbons (Fsp3) is 0.357. The number of hydrogen-bond donors (Lipinski definition) is 0. The lowest BCUT2D eigenvalue weighted by atomic mass is 10.1. The molecule has 0 atom stereocenters. The molecule has 0 fully saturated rings. The van der Waals surface area contributed by atoms with Crippen molar-refractivity contribution < 1.29 is 12.6 Å². The Bertz CT molecular complexity index is 741. The number of aryl methyl sites for hydroxylation is 4. The second kappa shape index (κ2) is 4.94. The zero-order valence-corrected chi connectivity index (χ0v) is 13.1. The summed E-state index contributed by atoms with van der Waals surface area (Å²) in [6, 6.07) is 5.51. The Morgan fingerprint density at radius 2 is 1.65 bits per heavy atom. The third kappa shape index (κ3) is 2.43. The van der Waals surface area contributed by atoms with Crippen LogP contribution in [0.4, 0.5) is 0 Å². The first-order chi connectivity index (χ1) is 9.24. The van der Waals surface area contributed by atoms with Gasteiger partial charge in [-0.3, -0.25) is 4.68 Å². The summed E-state index contributed by atoms with van der Waals surface area (Å²) in [5.74, 6) is 0.384. The molecule has 0 saturated heterocycles. The second-order valence-electron chi connectivity index (χ2n) is 4.88. The van der Waals surface area contributed by atoms with Crippen LogP contribution in [0.25, 0.3) is 0 Å². The summed E-state index contributed by atoms with van der Waals surface area (Å²) in [6.07, 6.45) is 0. The Kier molecular flexibility index (Phi) is 3.60. The molecule has 0 aliphatic heterocycles. The quantitative estimate of drug-likeness (QED) is 0.816. The van der Waals surface area contributed by atoms with Gasteiger partial charge in [-0.1, -0.05) is 18.2 Å². The molecule has 0 unspecified atom stereocenters. The minimum absolute atomic E-state index is 0.141. The average Bonchev–Trinajstić information content (AvgIpc) is 2.59. The van der Waals surface area contributed by atoms with E-state index < -0.39 is 10.1 Å². The molecule has 0 saturated carbocycles. The zero-order valence-electron chi connectivity index (χ0n) is 12.3. The van der Waals surface area contributed by atoms with E-state index in [0.717, 1.165) is 11.1 Å². The molecule has 0 amide bonds. The maximum atomic E-state index is 12.5. The van der Waals surface area contributed by atoms with E-state index >= 15 is 0 Å². The van der Waals surface area contributed by atoms with Crippen LogP contribution in [-0.4, -0.2) is 18.2 Å². The van der Waals surface area contributed by atoms with Crippen molar-refractivity contribution in [3.05, 3.63) is 40.7 Å². The van der Waals surface area contributed by atoms with Gasteiger partial charge in [-0.25, -0.2) is 0 Å². The standard InChI is InChI=1S/C14H18N2O3S/c1-9-7-6-8-10(2)13(9)19-20(17,18)14-11(3)15-16(5)12(14)4/h6-8H,1-5H3. The first-order valence-electron chi connectivity index (χ1n) is 6.25. The smallest absolute Gasteiger partial charge is 0.342 e. The average molecular weight is 294 g/mol. The highest BCUT2D eigenvalue weighted by Crippen LogP contribution is 2.28. The Labute approximate surface area is 119 Å². The van der Waals surface area contributed by atoms with Gasteiger partial charge in [0.15, 0.2) is 0 Å². The Morgan fingerprint density at radius 1 is 1.10 bits per heavy atom. The normalized spacial score (nSPS) is 11.7. The van der Waals surface area contributed by atoms with Gasteiger partial charge < -0.3 is 4.18 Å². The molecule has 0 N–H and O–H groups in total. The predicted octanol–water partition coefficient (Wildman–Crippen LogP) is 2.42. The molecule has 1 heterocycles. The highest BCUT2D eigenvalue weighted by molar-refractivity contribution is 7.87. The van der Waals surface area contributed by atoms with E-state index in [1.165, 1.54) is 4.68 Å². The third-order valence-corrected chi connectivity index (χ3v) is 4.77. The predicted molar refractivity (Wildman–Crippen MR) is 76.4 cm³/mol. The summed E-state index contributed by atoms with van der Waals surface area (Å²) in [4.78, 5) is 0.141. The monoisotopic (exact) mass is 294 g/mol. The topological polar surface area (TPSA) is 61.2 Å². The van der Waals surface area contributed by atoms with Gasteiger partial charge in [0.25, 0.3) is 0 Å². The van der Waals surface area contributed by atoms with Crippen LogP contribution in [0.1, 0.15) is 22.5 Å². The van der Waals surface area contributed by atoms with Crippen LogP contribution in [-0.2, 0) is 17.2 Å². The molecule has 1 aromatic carbocycles. The van der Waals surface area contributed by atoms with E-state index in [0.29, 0.717) is 17.1 Å². The highest BCUT2D eigenvalue weighted by atomic mass is 32.2. The van der Waals surface area contributed by atoms with Gasteiger partial charge in [-0.2, -0.15) is 13.5 Å². The second-order valence-corrected chi connectivity index (χ2v) is 6.37. The van der Waals surface area contributed by atoms with Gasteiger partial charge >= 0.3 is 10.1 Å². The zero-order chi connectivity index (χ0) is 15.1. The first kappa shape index (κ1) is 14.6. The largest absolute Gasteiger partial charge is 0.378 e. The van der Waals surface area contributed by atoms with Gasteiger partial charge in [0, 0.05) is 7.05 Å². The van der Waals surface area contributed by atoms with Gasteiger partial charge in [0.1, 0.15) is 10.6 Å². The van der Waals surface area contributed by atoms with E-state index in [1.807, 2.05) is 32.0 Å². The molecule has 2 rings (SSSR count). The molecule has 20 heavy (non-hydrogen) atoms. The highest BCUT2D eigenvalue weighted by Gasteiger charge is 2.26. The summed E-state index contributed by atoms with van der Waals surface area (Å²) in [5.41, 5.74) is 2.57. The molecule has 1 aromatic heterocycles. The minimum Gasteiger partial charge on any atom is -0.378 e. The van der Waals surface area contributed by atoms with Gasteiger partial charge in [0.05, 0.1) is 11.4 Å². The number of benzene rings is 1. The van der Waals surface area contributed by atoms with Crippen LogP contribution in [0.15, 0.2) is 23.1 Å². The number of hydrogen-bond acceptors (Lipinski definition) is 4. The van der Waals surface area contributed by atoms with Crippen LogP contribution in [0.2, 0.25) is 0 Å². The fourth-order valence-electron chi connectivity index (χ4n) is 2.20. The third-order valence-electron chi connectivity index (χ3n) is 3.29. The molecule has 108 valence electrons. The number of para-hydroxylation sites is 1. The van der Waals surface area contributed by atoms with Crippen LogP contribution >= 0.6 is 0 Å². The molecule has 5 nitrogen and oxygen atoms in total. The maximum Gasteiger partial charge on any atom is 0.342 e. The summed E-state index contributed by atoms with van der Waals surface area (Å²) in [5, 5.41) is 4.12. The Balaban J connectivity index is 2.52. The van der Waals surface area contributed by atoms with Crippen molar-refractivity contribution in [1.82, 2.24) is 9.78 Å². The maximum absolute atomic E-state index is 12.5. The molecular weight excluding hydrogens is 276 g/mol. The van der Waals surface area contributed by atoms with Crippen molar-refractivity contribution in [3.8, 4) is 5.75 Å². The molecule has 0 spiro atoms. The van der Waals surface area contributed by atoms with E-state index in [4.69, 9.17) is 4.18 Å². The fourth-order valence-corrected chi connectivity index (χ4v) is 3.66. The van der Waals surface area contributed by atoms with Crippen molar-refractivity contribution in [3.63, 3.8) is 0 Å². The van der Waals surface area contributed by atoms with Crippen molar-refractivity contribution in [1.29, 1.82) is 0 Å². The molecule has 0 bridgehead atoms. The SMILES string of the molecule is Cc1cccc(C)c1OS(=O)(=O)c1c(C)nn(C)c1C. The number of aromatic nitrogens is 2. The van der Waals surface area contributed by atoms with Gasteiger partial charge in [-0.05, 0) is 38.8 Å². The summed E-state index contributed by atoms with van der Waals surface area (Å²) < 4.78 is 31.9. The molecule has 0 aliphatic carbocycles. The summed E-state index contributed by atoms with van der Waals surface area (Å²) >= 11 is 0. The Hall–Kier alpha value is -1.82. The van der Waals surface area contributed by atoms with E-state index in [-0.39, 0.29) is 4.90 Å². The van der Waals surface area contributed by atoms with Crippen molar-refractivity contribution in [2.24, 2.45) is 7.05 Å². The van der Waals surface area contributed by atoms with E-state index in [1.54, 1.807) is 20.9 Å². The van der Waals surface area contributed by atoms with Crippen molar-refractivity contribution in [2.75, 3.05) is 0 Å². The van der Waals surface area contributed by atoms with Crippen LogP contribution < -0.4 is 4.18 Å². The molecule has 2 aromatic rings. The van der Waals surface area contributed by atoms with Crippen molar-refractivity contribution in [2.45, 2.75) is 32.6 Å². The first-order valence-corrected chi connectivity index (χ1v) is 7.65. The van der Waals surface area contributed by atoms with Crippen LogP contribution in [0.5, 0.6) is 5.75 Å². The Morgan fingerprint density at radius 3 is 2.10 bits per heavy atom. The number of nitrogens with zero attached hydrogens (tertiary/aromatic N) is 2. The lowest BCUT2D eigenvalue weighted by Crippen LogP contribution is -2.13. The van der Waals surface area contributed by atoms with Crippen LogP contribution in [0.3, 0.4) is 0 Å². The molecule has 6 heteroatoms. The van der Waals surface area contributed by atoms with Gasteiger partial charge in [0.2, 0.25) is 0 Å². The lowest BCUT2D eigenvalue weighted by molar-refractivity contribution is 0.481. The minimum atomic E-state index is -3.88.